The Labute approximate surface area is 93.7 Å². The highest BCUT2D eigenvalue weighted by molar-refractivity contribution is 7.87. The number of alkyl halides is 7. The third-order valence-corrected chi connectivity index (χ3v) is 2.14. The molecule has 108 valence electrons. The van der Waals surface area contributed by atoms with Crippen molar-refractivity contribution in [2.45, 2.75) is 23.6 Å². The molecule has 0 saturated carbocycles. The highest BCUT2D eigenvalue weighted by atomic mass is 32.3. The van der Waals surface area contributed by atoms with Gasteiger partial charge in [-0.2, -0.15) is 39.2 Å². The largest absolute Gasteiger partial charge is 0.462 e. The summed E-state index contributed by atoms with van der Waals surface area (Å²) in [6.45, 7) is 0. The third-order valence-electron chi connectivity index (χ3n) is 1.37. The van der Waals surface area contributed by atoms with Crippen molar-refractivity contribution in [1.29, 1.82) is 0 Å². The number of halogens is 8. The normalized spacial score (nSPS) is 16.4. The second-order valence-electron chi connectivity index (χ2n) is 2.69. The van der Waals surface area contributed by atoms with Crippen LogP contribution >= 0.6 is 0 Å². The molecule has 0 aliphatic rings. The van der Waals surface area contributed by atoms with E-state index in [-0.39, 0.29) is 0 Å². The van der Waals surface area contributed by atoms with E-state index in [0.29, 0.717) is 0 Å². The number of carbonyl (C=O) groups excluding carboxylic acids is 1. The second-order valence-corrected chi connectivity index (χ2v) is 4.10. The first-order valence-electron chi connectivity index (χ1n) is 3.56. The van der Waals surface area contributed by atoms with Crippen LogP contribution in [0, 0.1) is 0 Å². The second kappa shape index (κ2) is 4.60. The van der Waals surface area contributed by atoms with Gasteiger partial charge in [0.05, 0.1) is 0 Å². The Morgan fingerprint density at radius 3 is 1.61 bits per heavy atom. The van der Waals surface area contributed by atoms with E-state index in [1.807, 2.05) is 0 Å². The van der Waals surface area contributed by atoms with Crippen LogP contribution in [-0.4, -0.2) is 38.3 Å². The van der Waals surface area contributed by atoms with Crippen molar-refractivity contribution in [1.82, 2.24) is 0 Å². The maximum Gasteiger partial charge on any atom is 0.462 e. The molecule has 0 N–H and O–H groups in total. The number of hydrogen-bond donors (Lipinski definition) is 0. The minimum Gasteiger partial charge on any atom is -0.299 e. The molecule has 0 aliphatic heterocycles. The van der Waals surface area contributed by atoms with Gasteiger partial charge < -0.3 is 0 Å². The Bertz CT molecular complexity index is 412. The molecule has 0 bridgehead atoms. The Hall–Kier alpha value is -0.980. The molecule has 0 saturated heterocycles. The van der Waals surface area contributed by atoms with Gasteiger partial charge in [-0.3, -0.25) is 9.53 Å². The number of carbonyl (C=O) groups is 1. The predicted octanol–water partition coefficient (Wildman–Crippen LogP) is 1.62. The van der Waals surface area contributed by atoms with Crippen molar-refractivity contribution in [2.24, 2.45) is 0 Å². The van der Waals surface area contributed by atoms with E-state index in [2.05, 4.69) is 4.74 Å². The number of ether oxygens (including phenoxy) is 1. The highest BCUT2D eigenvalue weighted by Crippen LogP contribution is 2.47. The summed E-state index contributed by atoms with van der Waals surface area (Å²) in [5.74, 6) is -6.81. The molecule has 13 heteroatoms. The van der Waals surface area contributed by atoms with E-state index in [1.165, 1.54) is 0 Å². The summed E-state index contributed by atoms with van der Waals surface area (Å²) in [6, 6.07) is 0. The zero-order valence-electron chi connectivity index (χ0n) is 7.72. The van der Waals surface area contributed by atoms with Crippen molar-refractivity contribution in [3.05, 3.63) is 0 Å². The molecule has 1 unspecified atom stereocenters. The fourth-order valence-corrected chi connectivity index (χ4v) is 0.905. The summed E-state index contributed by atoms with van der Waals surface area (Å²) >= 11 is 0. The fraction of sp³-hybridized carbons (Fsp3) is 0.800. The summed E-state index contributed by atoms with van der Waals surface area (Å²) in [5.41, 5.74) is -3.80. The van der Waals surface area contributed by atoms with Gasteiger partial charge in [-0.05, 0) is 0 Å². The quantitative estimate of drug-likeness (QED) is 0.440. The van der Waals surface area contributed by atoms with Crippen LogP contribution in [0.3, 0.4) is 0 Å². The summed E-state index contributed by atoms with van der Waals surface area (Å²) < 4.78 is 118. The van der Waals surface area contributed by atoms with Crippen LogP contribution in [0.1, 0.15) is 0 Å². The van der Waals surface area contributed by atoms with Crippen molar-refractivity contribution in [3.63, 3.8) is 0 Å². The Morgan fingerprint density at radius 1 is 1.00 bits per heavy atom. The van der Waals surface area contributed by atoms with E-state index >= 15 is 0 Å². The standard InChI is InChI=1S/C5H2F8O4S/c6-3(7,4(8,9)10)5(11,12)17-2(1-14)18(13,15)16/h1-2H. The van der Waals surface area contributed by atoms with E-state index < -0.39 is 40.2 Å². The van der Waals surface area contributed by atoms with E-state index in [1.54, 1.807) is 0 Å². The van der Waals surface area contributed by atoms with Crippen LogP contribution in [0.5, 0.6) is 0 Å². The van der Waals surface area contributed by atoms with Gasteiger partial charge in [0.1, 0.15) is 0 Å². The Morgan fingerprint density at radius 2 is 1.39 bits per heavy atom. The lowest BCUT2D eigenvalue weighted by Crippen LogP contribution is -2.55. The first-order chi connectivity index (χ1) is 7.67. The fourth-order valence-electron chi connectivity index (χ4n) is 0.536. The lowest BCUT2D eigenvalue weighted by molar-refractivity contribution is -0.424. The summed E-state index contributed by atoms with van der Waals surface area (Å²) in [7, 11) is -6.22. The van der Waals surface area contributed by atoms with Gasteiger partial charge in [0, 0.05) is 0 Å². The van der Waals surface area contributed by atoms with Crippen molar-refractivity contribution in [3.8, 4) is 0 Å². The summed E-state index contributed by atoms with van der Waals surface area (Å²) in [5, 5.41) is 0. The van der Waals surface area contributed by atoms with Crippen LogP contribution in [0.2, 0.25) is 0 Å². The van der Waals surface area contributed by atoms with Crippen molar-refractivity contribution in [2.75, 3.05) is 0 Å². The molecule has 0 rings (SSSR count). The third kappa shape index (κ3) is 3.28. The molecule has 0 aromatic carbocycles. The highest BCUT2D eigenvalue weighted by Gasteiger charge is 2.75. The lowest BCUT2D eigenvalue weighted by Gasteiger charge is -2.28. The molecule has 1 atom stereocenters. The molecule has 0 aromatic rings. The van der Waals surface area contributed by atoms with Gasteiger partial charge in [-0.15, -0.1) is 3.89 Å². The maximum atomic E-state index is 12.4. The zero-order chi connectivity index (χ0) is 15.0. The summed E-state index contributed by atoms with van der Waals surface area (Å²) in [4.78, 5) is 9.80. The van der Waals surface area contributed by atoms with E-state index in [9.17, 15) is 47.8 Å². The van der Waals surface area contributed by atoms with Crippen LogP contribution in [0.4, 0.5) is 34.6 Å². The van der Waals surface area contributed by atoms with Gasteiger partial charge in [-0.25, -0.2) is 0 Å². The van der Waals surface area contributed by atoms with E-state index in [0.717, 1.165) is 0 Å². The van der Waals surface area contributed by atoms with Crippen LogP contribution in [0.15, 0.2) is 0 Å². The molecule has 0 spiro atoms. The predicted molar refractivity (Wildman–Crippen MR) is 36.9 cm³/mol. The number of hydrogen-bond acceptors (Lipinski definition) is 4. The van der Waals surface area contributed by atoms with Gasteiger partial charge in [-0.1, -0.05) is 0 Å². The lowest BCUT2D eigenvalue weighted by atomic mass is 10.3. The SMILES string of the molecule is O=CC(OC(F)(F)C(F)(F)C(F)(F)F)S(=O)(=O)F. The average molecular weight is 310 g/mol. The van der Waals surface area contributed by atoms with Gasteiger partial charge in [0.2, 0.25) is 5.44 Å². The molecule has 0 aliphatic carbocycles. The van der Waals surface area contributed by atoms with Crippen molar-refractivity contribution < 1.29 is 52.6 Å². The molecule has 18 heavy (non-hydrogen) atoms. The van der Waals surface area contributed by atoms with E-state index in [4.69, 9.17) is 0 Å². The smallest absolute Gasteiger partial charge is 0.299 e. The zero-order valence-corrected chi connectivity index (χ0v) is 8.54. The minimum atomic E-state index is -6.81. The Kier molecular flexibility index (Phi) is 4.35. The molecule has 0 radical (unpaired) electrons. The molecule has 4 nitrogen and oxygen atoms in total. The maximum absolute atomic E-state index is 12.4. The van der Waals surface area contributed by atoms with Crippen molar-refractivity contribution >= 4 is 16.5 Å². The minimum absolute atomic E-state index is 1.21. The number of aldehydes is 1. The Balaban J connectivity index is 5.37. The molecular formula is C5H2F8O4S. The van der Waals surface area contributed by atoms with Crippen LogP contribution in [0.25, 0.3) is 0 Å². The van der Waals surface area contributed by atoms with Crippen LogP contribution < -0.4 is 0 Å². The topological polar surface area (TPSA) is 60.4 Å². The average Bonchev–Trinajstić information content (AvgIpc) is 2.10. The summed E-state index contributed by atoms with van der Waals surface area (Å²) in [6.07, 6.45) is -14.5. The molecular weight excluding hydrogens is 308 g/mol. The van der Waals surface area contributed by atoms with Gasteiger partial charge in [0.15, 0.2) is 6.29 Å². The molecule has 0 heterocycles. The number of rotatable bonds is 5. The molecule has 0 fully saturated rings. The molecule has 0 amide bonds. The van der Waals surface area contributed by atoms with Gasteiger partial charge in [0.25, 0.3) is 0 Å². The first-order valence-corrected chi connectivity index (χ1v) is 5.00. The first kappa shape index (κ1) is 17.0. The monoisotopic (exact) mass is 310 g/mol. The van der Waals surface area contributed by atoms with Gasteiger partial charge >= 0.3 is 28.4 Å². The molecule has 0 aromatic heterocycles. The van der Waals surface area contributed by atoms with Crippen LogP contribution in [-0.2, 0) is 19.8 Å².